The zero-order chi connectivity index (χ0) is 33.2. The third kappa shape index (κ3) is 6.41. The van der Waals surface area contributed by atoms with Gasteiger partial charge in [-0.05, 0) is 72.9 Å². The number of rotatable bonds is 9. The second-order valence-corrected chi connectivity index (χ2v) is 13.2. The first kappa shape index (κ1) is 33.6. The quantitative estimate of drug-likeness (QED) is 0.357. The molecule has 0 unspecified atom stereocenters. The monoisotopic (exact) mass is 635 g/mol. The minimum Gasteiger partial charge on any atom is -0.493 e. The van der Waals surface area contributed by atoms with Gasteiger partial charge in [-0.15, -0.1) is 0 Å². The Hall–Kier alpha value is -3.79. The number of amides is 2. The van der Waals surface area contributed by atoms with E-state index in [2.05, 4.69) is 10.6 Å². The Bertz CT molecular complexity index is 1530. The van der Waals surface area contributed by atoms with Crippen molar-refractivity contribution < 1.29 is 28.9 Å². The molecule has 3 N–H and O–H groups in total. The van der Waals surface area contributed by atoms with Crippen molar-refractivity contribution in [3.63, 3.8) is 0 Å². The first-order valence-electron chi connectivity index (χ1n) is 16.6. The molecule has 1 heterocycles. The molecule has 1 saturated heterocycles. The molecule has 5 atom stereocenters. The number of hydrogen-bond acceptors (Lipinski definition) is 8. The molecule has 2 amide bonds. The molecule has 2 aromatic carbocycles. The number of carbonyl (C=O) groups is 2. The predicted molar refractivity (Wildman–Crippen MR) is 178 cm³/mol. The highest BCUT2D eigenvalue weighted by atomic mass is 16.5. The van der Waals surface area contributed by atoms with Crippen LogP contribution in [0.1, 0.15) is 82.9 Å². The van der Waals surface area contributed by atoms with E-state index in [0.717, 1.165) is 48.8 Å². The predicted octanol–water partition coefficient (Wildman–Crippen LogP) is 4.84. The summed E-state index contributed by atoms with van der Waals surface area (Å²) < 4.78 is 17.2. The number of anilines is 1. The van der Waals surface area contributed by atoms with E-state index in [1.807, 2.05) is 30.9 Å². The van der Waals surface area contributed by atoms with Crippen LogP contribution >= 0.6 is 0 Å². The van der Waals surface area contributed by atoms with Gasteiger partial charge in [-0.3, -0.25) is 14.4 Å². The summed E-state index contributed by atoms with van der Waals surface area (Å²) in [6, 6.07) is 6.05. The summed E-state index contributed by atoms with van der Waals surface area (Å²) in [7, 11) is 4.69. The molecule has 0 spiro atoms. The van der Waals surface area contributed by atoms with Gasteiger partial charge in [-0.25, -0.2) is 0 Å². The fourth-order valence-corrected chi connectivity index (χ4v) is 7.65. The maximum atomic E-state index is 14.1. The third-order valence-electron chi connectivity index (χ3n) is 10.4. The van der Waals surface area contributed by atoms with E-state index in [4.69, 9.17) is 14.2 Å². The Labute approximate surface area is 271 Å². The Morgan fingerprint density at radius 1 is 1.07 bits per heavy atom. The first-order chi connectivity index (χ1) is 22.0. The highest BCUT2D eigenvalue weighted by Gasteiger charge is 2.45. The molecule has 10 nitrogen and oxygen atoms in total. The fraction of sp³-hybridized carbons (Fsp3) is 0.583. The van der Waals surface area contributed by atoms with E-state index >= 15 is 0 Å². The molecule has 1 saturated carbocycles. The molecule has 1 aliphatic heterocycles. The molecule has 3 aliphatic rings. The molecule has 0 bridgehead atoms. The van der Waals surface area contributed by atoms with Crippen LogP contribution in [0.25, 0.3) is 11.1 Å². The van der Waals surface area contributed by atoms with E-state index < -0.39 is 17.7 Å². The molecule has 10 heteroatoms. The lowest BCUT2D eigenvalue weighted by molar-refractivity contribution is -0.145. The van der Waals surface area contributed by atoms with E-state index in [0.29, 0.717) is 60.9 Å². The van der Waals surface area contributed by atoms with Crippen molar-refractivity contribution in [1.29, 1.82) is 0 Å². The number of fused-ring (bicyclic) bond motifs is 4. The van der Waals surface area contributed by atoms with Crippen LogP contribution in [-0.2, 0) is 16.0 Å². The second-order valence-electron chi connectivity index (χ2n) is 13.2. The SMILES string of the molecule is CC[C@@H](C)[C@H](Nc1ccc2c(cc1=O)[C@@H](NC(C)=O)CCc1cc(OC)c(OC)c(OC)c1-2)C(=O)N1CC[C@@]2(O)CCCC[C@H]2C1. The maximum absolute atomic E-state index is 14.1. The largest absolute Gasteiger partial charge is 0.493 e. The molecular formula is C36H49N3O7. The van der Waals surface area contributed by atoms with Crippen LogP contribution in [0.5, 0.6) is 17.2 Å². The van der Waals surface area contributed by atoms with Gasteiger partial charge in [0, 0.05) is 31.5 Å². The van der Waals surface area contributed by atoms with E-state index in [9.17, 15) is 19.5 Å². The van der Waals surface area contributed by atoms with Crippen molar-refractivity contribution in [2.24, 2.45) is 11.8 Å². The lowest BCUT2D eigenvalue weighted by Crippen LogP contribution is -2.57. The van der Waals surface area contributed by atoms with Gasteiger partial charge in [0.05, 0.1) is 38.7 Å². The van der Waals surface area contributed by atoms with E-state index in [1.54, 1.807) is 33.5 Å². The van der Waals surface area contributed by atoms with Gasteiger partial charge in [-0.1, -0.05) is 39.2 Å². The Morgan fingerprint density at radius 3 is 2.50 bits per heavy atom. The van der Waals surface area contributed by atoms with Crippen LogP contribution in [0.2, 0.25) is 0 Å². The van der Waals surface area contributed by atoms with Crippen molar-refractivity contribution in [3.8, 4) is 28.4 Å². The van der Waals surface area contributed by atoms with Crippen LogP contribution in [0.3, 0.4) is 0 Å². The fourth-order valence-electron chi connectivity index (χ4n) is 7.65. The summed E-state index contributed by atoms with van der Waals surface area (Å²) in [5, 5.41) is 17.6. The number of likely N-dealkylation sites (tertiary alicyclic amines) is 1. The van der Waals surface area contributed by atoms with Gasteiger partial charge >= 0.3 is 0 Å². The number of aliphatic hydroxyl groups is 1. The van der Waals surface area contributed by atoms with Gasteiger partial charge in [0.25, 0.3) is 0 Å². The number of hydrogen-bond donors (Lipinski definition) is 3. The number of piperidine rings is 1. The topological polar surface area (TPSA) is 126 Å². The number of methoxy groups -OCH3 is 3. The molecule has 2 fully saturated rings. The molecular weight excluding hydrogens is 586 g/mol. The van der Waals surface area contributed by atoms with Gasteiger partial charge in [-0.2, -0.15) is 0 Å². The molecule has 0 radical (unpaired) electrons. The molecule has 0 aromatic heterocycles. The zero-order valence-electron chi connectivity index (χ0n) is 28.0. The van der Waals surface area contributed by atoms with Gasteiger partial charge in [0.15, 0.2) is 11.5 Å². The highest BCUT2D eigenvalue weighted by molar-refractivity contribution is 5.86. The van der Waals surface area contributed by atoms with Crippen molar-refractivity contribution in [3.05, 3.63) is 45.6 Å². The number of nitrogens with zero attached hydrogens (tertiary/aromatic N) is 1. The molecule has 2 aliphatic carbocycles. The van der Waals surface area contributed by atoms with Crippen LogP contribution in [0.15, 0.2) is 29.1 Å². The smallest absolute Gasteiger partial charge is 0.245 e. The van der Waals surface area contributed by atoms with Crippen LogP contribution in [-0.4, -0.2) is 67.9 Å². The van der Waals surface area contributed by atoms with E-state index in [-0.39, 0.29) is 29.1 Å². The lowest BCUT2D eigenvalue weighted by Gasteiger charge is -2.48. The lowest BCUT2D eigenvalue weighted by atomic mass is 9.71. The maximum Gasteiger partial charge on any atom is 0.245 e. The summed E-state index contributed by atoms with van der Waals surface area (Å²) in [4.78, 5) is 42.3. The number of carbonyl (C=O) groups excluding carboxylic acids is 2. The molecule has 2 aromatic rings. The zero-order valence-corrected chi connectivity index (χ0v) is 28.0. The molecule has 250 valence electrons. The number of benzene rings is 1. The minimum absolute atomic E-state index is 0.0468. The van der Waals surface area contributed by atoms with Crippen LogP contribution < -0.4 is 30.3 Å². The summed E-state index contributed by atoms with van der Waals surface area (Å²) in [5.41, 5.74) is 2.45. The van der Waals surface area contributed by atoms with Crippen LogP contribution in [0, 0.1) is 11.8 Å². The average molecular weight is 636 g/mol. The third-order valence-corrected chi connectivity index (χ3v) is 10.4. The summed E-state index contributed by atoms with van der Waals surface area (Å²) in [6.07, 6.45) is 6.29. The number of nitrogens with one attached hydrogen (secondary N) is 2. The summed E-state index contributed by atoms with van der Waals surface area (Å²) in [5.74, 6) is 1.23. The number of ether oxygens (including phenoxy) is 3. The Morgan fingerprint density at radius 2 is 1.83 bits per heavy atom. The van der Waals surface area contributed by atoms with E-state index in [1.165, 1.54) is 6.92 Å². The summed E-state index contributed by atoms with van der Waals surface area (Å²) >= 11 is 0. The Kier molecular flexibility index (Phi) is 10.2. The highest BCUT2D eigenvalue weighted by Crippen LogP contribution is 2.50. The van der Waals surface area contributed by atoms with Crippen molar-refractivity contribution in [1.82, 2.24) is 10.2 Å². The van der Waals surface area contributed by atoms with Crippen molar-refractivity contribution >= 4 is 17.5 Å². The molecule has 5 rings (SSSR count). The standard InChI is InChI=1S/C36H49N3O7/c1-7-21(2)32(35(42)39-17-16-36(43)15-9-8-10-24(36)20-39)38-28-14-12-25-26(19-29(28)41)27(37-22(3)40)13-11-23-18-30(44-4)33(45-5)34(46-6)31(23)25/h12,14,18-19,21,24,27,32,43H,7-11,13,15-17,20H2,1-6H3,(H,37,40)(H,38,41)/t21-,24+,27+,32+,36+/m1/s1. The summed E-state index contributed by atoms with van der Waals surface area (Å²) in [6.45, 7) is 6.56. The van der Waals surface area contributed by atoms with Gasteiger partial charge in [0.1, 0.15) is 6.04 Å². The normalized spacial score (nSPS) is 23.4. The Balaban J connectivity index is 1.57. The van der Waals surface area contributed by atoms with Crippen molar-refractivity contribution in [2.45, 2.75) is 89.8 Å². The van der Waals surface area contributed by atoms with Gasteiger partial charge < -0.3 is 34.9 Å². The number of aryl methyl sites for hydroxylation is 1. The minimum atomic E-state index is -0.685. The average Bonchev–Trinajstić information content (AvgIpc) is 3.29. The second kappa shape index (κ2) is 13.9. The van der Waals surface area contributed by atoms with Crippen molar-refractivity contribution in [2.75, 3.05) is 39.7 Å². The van der Waals surface area contributed by atoms with Gasteiger partial charge in [0.2, 0.25) is 23.0 Å². The molecule has 46 heavy (non-hydrogen) atoms. The van der Waals surface area contributed by atoms with Crippen LogP contribution in [0.4, 0.5) is 5.69 Å². The first-order valence-corrected chi connectivity index (χ1v) is 16.6.